The van der Waals surface area contributed by atoms with Gasteiger partial charge in [-0.3, -0.25) is 14.5 Å². The fraction of sp³-hybridized carbons (Fsp3) is 0.211. The molecule has 2 aromatic carbocycles. The van der Waals surface area contributed by atoms with Crippen LogP contribution in [0.25, 0.3) is 0 Å². The summed E-state index contributed by atoms with van der Waals surface area (Å²) in [5.74, 6) is 0.387. The van der Waals surface area contributed by atoms with Crippen LogP contribution in [-0.4, -0.2) is 41.3 Å². The van der Waals surface area contributed by atoms with Crippen LogP contribution in [0.4, 0.5) is 11.4 Å². The minimum atomic E-state index is -0.472. The molecule has 1 saturated heterocycles. The number of amides is 2. The van der Waals surface area contributed by atoms with Gasteiger partial charge in [-0.1, -0.05) is 30.0 Å². The molecule has 2 amide bonds. The van der Waals surface area contributed by atoms with Gasteiger partial charge in [0.25, 0.3) is 0 Å². The van der Waals surface area contributed by atoms with Gasteiger partial charge in [0.2, 0.25) is 11.8 Å². The molecule has 0 unspecified atom stereocenters. The predicted molar refractivity (Wildman–Crippen MR) is 104 cm³/mol. The van der Waals surface area contributed by atoms with Crippen LogP contribution in [0.15, 0.2) is 59.6 Å². The molecule has 134 valence electrons. The van der Waals surface area contributed by atoms with E-state index in [9.17, 15) is 9.59 Å². The summed E-state index contributed by atoms with van der Waals surface area (Å²) in [5.41, 5.74) is 1.44. The Bertz CT molecular complexity index is 822. The molecule has 6 nitrogen and oxygen atoms in total. The second kappa shape index (κ2) is 8.05. The molecule has 0 spiro atoms. The molecule has 0 bridgehead atoms. The molecule has 3 rings (SSSR count). The van der Waals surface area contributed by atoms with Crippen LogP contribution in [0.3, 0.4) is 0 Å². The van der Waals surface area contributed by atoms with Crippen molar-refractivity contribution in [2.75, 3.05) is 19.5 Å². The molecule has 0 radical (unpaired) electrons. The summed E-state index contributed by atoms with van der Waals surface area (Å²) in [4.78, 5) is 30.7. The van der Waals surface area contributed by atoms with Crippen LogP contribution in [0.2, 0.25) is 0 Å². The number of nitrogens with zero attached hydrogens (tertiary/aromatic N) is 2. The summed E-state index contributed by atoms with van der Waals surface area (Å²) in [6.07, 6.45) is 0.0910. The highest BCUT2D eigenvalue weighted by Crippen LogP contribution is 2.30. The third-order valence-corrected chi connectivity index (χ3v) is 5.09. The summed E-state index contributed by atoms with van der Waals surface area (Å²) in [6, 6.07) is 16.5. The van der Waals surface area contributed by atoms with Gasteiger partial charge in [0, 0.05) is 19.2 Å². The topological polar surface area (TPSA) is 71.0 Å². The van der Waals surface area contributed by atoms with Gasteiger partial charge < -0.3 is 10.1 Å². The number of amidine groups is 1. The lowest BCUT2D eigenvalue weighted by molar-refractivity contribution is -0.127. The van der Waals surface area contributed by atoms with Crippen LogP contribution >= 0.6 is 11.8 Å². The molecule has 0 aliphatic carbocycles. The van der Waals surface area contributed by atoms with Gasteiger partial charge in [-0.15, -0.1) is 0 Å². The molecule has 7 heteroatoms. The van der Waals surface area contributed by atoms with Crippen molar-refractivity contribution in [1.82, 2.24) is 4.90 Å². The smallest absolute Gasteiger partial charge is 0.242 e. The molecular formula is C19H19N3O3S. The van der Waals surface area contributed by atoms with Gasteiger partial charge in [0.1, 0.15) is 11.0 Å². The Morgan fingerprint density at radius 3 is 2.54 bits per heavy atom. The highest BCUT2D eigenvalue weighted by Gasteiger charge is 2.36. The monoisotopic (exact) mass is 369 g/mol. The Morgan fingerprint density at radius 2 is 1.88 bits per heavy atom. The highest BCUT2D eigenvalue weighted by atomic mass is 32.2. The largest absolute Gasteiger partial charge is 0.497 e. The van der Waals surface area contributed by atoms with Crippen molar-refractivity contribution in [1.29, 1.82) is 0 Å². The fourth-order valence-corrected chi connectivity index (χ4v) is 3.62. The number of carbonyl (C=O) groups excluding carboxylic acids is 2. The van der Waals surface area contributed by atoms with Crippen molar-refractivity contribution in [2.24, 2.45) is 4.99 Å². The molecule has 1 N–H and O–H groups in total. The first-order chi connectivity index (χ1) is 12.6. The van der Waals surface area contributed by atoms with Crippen molar-refractivity contribution in [3.63, 3.8) is 0 Å². The maximum atomic E-state index is 12.4. The van der Waals surface area contributed by atoms with E-state index in [1.165, 1.54) is 16.7 Å². The van der Waals surface area contributed by atoms with Crippen molar-refractivity contribution in [3.8, 4) is 5.75 Å². The second-order valence-corrected chi connectivity index (χ2v) is 6.88. The van der Waals surface area contributed by atoms with E-state index in [2.05, 4.69) is 10.3 Å². The van der Waals surface area contributed by atoms with Crippen molar-refractivity contribution in [2.45, 2.75) is 11.7 Å². The zero-order chi connectivity index (χ0) is 18.5. The van der Waals surface area contributed by atoms with E-state index >= 15 is 0 Å². The normalized spacial score (nSPS) is 18.2. The maximum absolute atomic E-state index is 12.4. The molecule has 1 atom stereocenters. The Labute approximate surface area is 156 Å². The Balaban J connectivity index is 1.63. The van der Waals surface area contributed by atoms with E-state index in [0.717, 1.165) is 5.69 Å². The third kappa shape index (κ3) is 4.23. The van der Waals surface area contributed by atoms with E-state index in [1.54, 1.807) is 38.4 Å². The zero-order valence-electron chi connectivity index (χ0n) is 14.5. The van der Waals surface area contributed by atoms with E-state index in [1.807, 2.05) is 30.3 Å². The standard InChI is InChI=1S/C19H19N3O3S/c1-22-18(24)16(26-19(22)21-13-6-4-3-5-7-13)12-17(23)20-14-8-10-15(25-2)11-9-14/h3-11,16H,12H2,1-2H3,(H,20,23)/t16-/m1/s1. The molecule has 2 aromatic rings. The Morgan fingerprint density at radius 1 is 1.19 bits per heavy atom. The number of methoxy groups -OCH3 is 1. The minimum Gasteiger partial charge on any atom is -0.497 e. The van der Waals surface area contributed by atoms with Crippen molar-refractivity contribution < 1.29 is 14.3 Å². The van der Waals surface area contributed by atoms with Crippen molar-refractivity contribution >= 4 is 40.1 Å². The van der Waals surface area contributed by atoms with E-state index < -0.39 is 5.25 Å². The minimum absolute atomic E-state index is 0.0910. The quantitative estimate of drug-likeness (QED) is 0.878. The summed E-state index contributed by atoms with van der Waals surface area (Å²) in [6.45, 7) is 0. The van der Waals surface area contributed by atoms with E-state index in [0.29, 0.717) is 16.6 Å². The molecule has 1 heterocycles. The number of ether oxygens (including phenoxy) is 1. The second-order valence-electron chi connectivity index (χ2n) is 5.71. The first kappa shape index (κ1) is 18.0. The summed E-state index contributed by atoms with van der Waals surface area (Å²) < 4.78 is 5.09. The Kier molecular flexibility index (Phi) is 5.58. The zero-order valence-corrected chi connectivity index (χ0v) is 15.3. The molecule has 1 fully saturated rings. The molecular weight excluding hydrogens is 350 g/mol. The predicted octanol–water partition coefficient (Wildman–Crippen LogP) is 3.29. The number of para-hydroxylation sites is 1. The van der Waals surface area contributed by atoms with Gasteiger partial charge in [-0.05, 0) is 36.4 Å². The van der Waals surface area contributed by atoms with Crippen LogP contribution in [0.5, 0.6) is 5.75 Å². The average Bonchev–Trinajstić information content (AvgIpc) is 2.91. The van der Waals surface area contributed by atoms with E-state index in [4.69, 9.17) is 4.74 Å². The number of nitrogens with one attached hydrogen (secondary N) is 1. The molecule has 0 aromatic heterocycles. The third-order valence-electron chi connectivity index (χ3n) is 3.87. The average molecular weight is 369 g/mol. The lowest BCUT2D eigenvalue weighted by atomic mass is 10.2. The van der Waals surface area contributed by atoms with Gasteiger partial charge >= 0.3 is 0 Å². The number of benzene rings is 2. The number of thioether (sulfide) groups is 1. The summed E-state index contributed by atoms with van der Waals surface area (Å²) in [5, 5.41) is 2.93. The van der Waals surface area contributed by atoms with Gasteiger partial charge in [0.05, 0.1) is 12.8 Å². The van der Waals surface area contributed by atoms with Gasteiger partial charge in [-0.2, -0.15) is 0 Å². The molecule has 1 aliphatic rings. The molecule has 26 heavy (non-hydrogen) atoms. The first-order valence-electron chi connectivity index (χ1n) is 8.08. The van der Waals surface area contributed by atoms with Gasteiger partial charge in [0.15, 0.2) is 5.17 Å². The fourth-order valence-electron chi connectivity index (χ4n) is 2.47. The van der Waals surface area contributed by atoms with Crippen LogP contribution < -0.4 is 10.1 Å². The summed E-state index contributed by atoms with van der Waals surface area (Å²) >= 11 is 1.31. The lowest BCUT2D eigenvalue weighted by Crippen LogP contribution is -2.30. The van der Waals surface area contributed by atoms with Gasteiger partial charge in [-0.25, -0.2) is 4.99 Å². The SMILES string of the molecule is COc1ccc(NC(=O)C[C@H]2SC(=Nc3ccccc3)N(C)C2=O)cc1. The highest BCUT2D eigenvalue weighted by molar-refractivity contribution is 8.15. The number of hydrogen-bond donors (Lipinski definition) is 1. The number of hydrogen-bond acceptors (Lipinski definition) is 5. The number of carbonyl (C=O) groups is 2. The number of anilines is 1. The van der Waals surface area contributed by atoms with Crippen molar-refractivity contribution in [3.05, 3.63) is 54.6 Å². The van der Waals surface area contributed by atoms with Crippen LogP contribution in [0.1, 0.15) is 6.42 Å². The first-order valence-corrected chi connectivity index (χ1v) is 8.96. The van der Waals surface area contributed by atoms with E-state index in [-0.39, 0.29) is 18.2 Å². The number of aliphatic imine (C=N–C) groups is 1. The van der Waals surface area contributed by atoms with Crippen LogP contribution in [-0.2, 0) is 9.59 Å². The summed E-state index contributed by atoms with van der Waals surface area (Å²) in [7, 11) is 3.26. The number of rotatable bonds is 5. The molecule has 1 aliphatic heterocycles. The maximum Gasteiger partial charge on any atom is 0.242 e. The molecule has 0 saturated carbocycles. The lowest BCUT2D eigenvalue weighted by Gasteiger charge is -2.09. The van der Waals surface area contributed by atoms with Crippen LogP contribution in [0, 0.1) is 0 Å². The Hall–Kier alpha value is -2.80.